The average molecular weight is 359 g/mol. The number of benzene rings is 2. The van der Waals surface area contributed by atoms with Crippen molar-refractivity contribution in [2.24, 2.45) is 0 Å². The molecular weight excluding hydrogens is 342 g/mol. The number of rotatable bonds is 3. The molecule has 0 spiro atoms. The molecule has 2 heterocycles. The maximum absolute atomic E-state index is 5.44. The second-order valence-corrected chi connectivity index (χ2v) is 6.33. The van der Waals surface area contributed by atoms with Gasteiger partial charge < -0.3 is 10.6 Å². The molecule has 0 atom stereocenters. The topological polar surface area (TPSA) is 65.6 Å². The fraction of sp³-hybridized carbons (Fsp3) is 0.0500. The van der Waals surface area contributed by atoms with Gasteiger partial charge in [-0.2, -0.15) is 5.10 Å². The molecule has 128 valence electrons. The highest BCUT2D eigenvalue weighted by atomic mass is 32.1. The Kier molecular flexibility index (Phi) is 4.33. The van der Waals surface area contributed by atoms with Crippen LogP contribution in [0.1, 0.15) is 5.69 Å². The van der Waals surface area contributed by atoms with Crippen molar-refractivity contribution in [2.75, 3.05) is 10.6 Å². The summed E-state index contributed by atoms with van der Waals surface area (Å²) in [6.45, 7) is 1.97. The first-order valence-electron chi connectivity index (χ1n) is 8.25. The van der Waals surface area contributed by atoms with Crippen molar-refractivity contribution in [3.8, 4) is 11.1 Å². The van der Waals surface area contributed by atoms with Crippen LogP contribution in [0.4, 0.5) is 11.5 Å². The Morgan fingerprint density at radius 1 is 0.962 bits per heavy atom. The van der Waals surface area contributed by atoms with Gasteiger partial charge in [-0.1, -0.05) is 48.5 Å². The van der Waals surface area contributed by atoms with Crippen molar-refractivity contribution in [3.05, 3.63) is 72.4 Å². The predicted molar refractivity (Wildman–Crippen MR) is 110 cm³/mol. The molecule has 2 aromatic heterocycles. The number of aromatic nitrogens is 3. The Morgan fingerprint density at radius 3 is 2.38 bits per heavy atom. The zero-order valence-corrected chi connectivity index (χ0v) is 15.0. The van der Waals surface area contributed by atoms with Crippen LogP contribution in [0.3, 0.4) is 0 Å². The van der Waals surface area contributed by atoms with Crippen molar-refractivity contribution >= 4 is 39.9 Å². The molecule has 5 nitrogen and oxygen atoms in total. The molecule has 0 fully saturated rings. The maximum Gasteiger partial charge on any atom is 0.176 e. The number of hydrogen-bond acceptors (Lipinski definition) is 3. The molecule has 0 radical (unpaired) electrons. The van der Waals surface area contributed by atoms with Gasteiger partial charge in [0.1, 0.15) is 0 Å². The fourth-order valence-electron chi connectivity index (χ4n) is 2.89. The number of nitrogens with one attached hydrogen (secondary N) is 3. The number of aryl methyl sites for hydroxylation is 1. The van der Waals surface area contributed by atoms with E-state index in [2.05, 4.69) is 44.0 Å². The molecule has 4 aromatic rings. The third-order valence-corrected chi connectivity index (χ3v) is 4.21. The molecule has 26 heavy (non-hydrogen) atoms. The number of pyridine rings is 1. The summed E-state index contributed by atoms with van der Waals surface area (Å²) in [5.41, 5.74) is 4.74. The zero-order chi connectivity index (χ0) is 17.9. The minimum Gasteiger partial charge on any atom is -0.332 e. The van der Waals surface area contributed by atoms with Crippen molar-refractivity contribution in [1.82, 2.24) is 15.2 Å². The van der Waals surface area contributed by atoms with Gasteiger partial charge in [0.25, 0.3) is 0 Å². The second-order valence-electron chi connectivity index (χ2n) is 5.92. The van der Waals surface area contributed by atoms with Crippen LogP contribution < -0.4 is 10.6 Å². The van der Waals surface area contributed by atoms with Gasteiger partial charge in [-0.05, 0) is 48.5 Å². The van der Waals surface area contributed by atoms with Crippen molar-refractivity contribution < 1.29 is 0 Å². The minimum absolute atomic E-state index is 0.476. The van der Waals surface area contributed by atoms with Gasteiger partial charge in [-0.3, -0.25) is 5.10 Å². The van der Waals surface area contributed by atoms with Gasteiger partial charge in [0, 0.05) is 11.4 Å². The number of fused-ring (bicyclic) bond motifs is 1. The summed E-state index contributed by atoms with van der Waals surface area (Å²) < 4.78 is 0. The lowest BCUT2D eigenvalue weighted by molar-refractivity contribution is 1.09. The standard InChI is InChI=1S/C20H17N5S/c1-13-12-16(14-8-4-2-5-9-14)17-18(21-13)24-25-19(17)23-20(26)22-15-10-6-3-7-11-15/h2-12H,1H3,(H3,21,22,23,24,25,26). The summed E-state index contributed by atoms with van der Waals surface area (Å²) in [7, 11) is 0. The van der Waals surface area contributed by atoms with Gasteiger partial charge >= 0.3 is 0 Å². The van der Waals surface area contributed by atoms with Crippen LogP contribution in [0.2, 0.25) is 0 Å². The van der Waals surface area contributed by atoms with Crippen molar-refractivity contribution in [3.63, 3.8) is 0 Å². The molecule has 0 aliphatic heterocycles. The quantitative estimate of drug-likeness (QED) is 0.461. The lowest BCUT2D eigenvalue weighted by Gasteiger charge is -2.10. The molecule has 0 amide bonds. The van der Waals surface area contributed by atoms with Crippen molar-refractivity contribution in [1.29, 1.82) is 0 Å². The molecule has 3 N–H and O–H groups in total. The van der Waals surface area contributed by atoms with Crippen LogP contribution in [-0.2, 0) is 0 Å². The van der Waals surface area contributed by atoms with E-state index >= 15 is 0 Å². The highest BCUT2D eigenvalue weighted by Crippen LogP contribution is 2.32. The molecule has 4 rings (SSSR count). The molecule has 0 bridgehead atoms. The van der Waals surface area contributed by atoms with Gasteiger partial charge in [0.15, 0.2) is 16.6 Å². The summed E-state index contributed by atoms with van der Waals surface area (Å²) in [5.74, 6) is 0.653. The van der Waals surface area contributed by atoms with Crippen LogP contribution in [0, 0.1) is 6.92 Å². The fourth-order valence-corrected chi connectivity index (χ4v) is 3.10. The van der Waals surface area contributed by atoms with Gasteiger partial charge in [-0.25, -0.2) is 4.98 Å². The molecule has 0 unspecified atom stereocenters. The Hall–Kier alpha value is -3.25. The van der Waals surface area contributed by atoms with E-state index in [1.54, 1.807) is 0 Å². The first-order valence-corrected chi connectivity index (χ1v) is 8.66. The van der Waals surface area contributed by atoms with Crippen LogP contribution in [0.15, 0.2) is 66.7 Å². The van der Waals surface area contributed by atoms with E-state index < -0.39 is 0 Å². The Balaban J connectivity index is 1.71. The number of nitrogens with zero attached hydrogens (tertiary/aromatic N) is 2. The number of aromatic amines is 1. The molecule has 0 saturated carbocycles. The van der Waals surface area contributed by atoms with E-state index in [4.69, 9.17) is 12.2 Å². The Morgan fingerprint density at radius 2 is 1.65 bits per heavy atom. The molecule has 0 saturated heterocycles. The number of hydrogen-bond donors (Lipinski definition) is 3. The van der Waals surface area contributed by atoms with E-state index in [1.807, 2.05) is 55.5 Å². The summed E-state index contributed by atoms with van der Waals surface area (Å²) in [6, 6.07) is 22.0. The van der Waals surface area contributed by atoms with Crippen LogP contribution >= 0.6 is 12.2 Å². The van der Waals surface area contributed by atoms with E-state index in [1.165, 1.54) is 0 Å². The third kappa shape index (κ3) is 3.27. The first kappa shape index (κ1) is 16.2. The van der Waals surface area contributed by atoms with E-state index in [0.29, 0.717) is 10.9 Å². The molecule has 2 aromatic carbocycles. The minimum atomic E-state index is 0.476. The van der Waals surface area contributed by atoms with Crippen LogP contribution in [0.25, 0.3) is 22.2 Å². The smallest absolute Gasteiger partial charge is 0.176 e. The Bertz CT molecular complexity index is 1060. The monoisotopic (exact) mass is 359 g/mol. The molecule has 6 heteroatoms. The molecule has 0 aliphatic rings. The largest absolute Gasteiger partial charge is 0.332 e. The summed E-state index contributed by atoms with van der Waals surface area (Å²) in [5, 5.41) is 15.1. The Labute approximate surface area is 156 Å². The number of para-hydroxylation sites is 1. The third-order valence-electron chi connectivity index (χ3n) is 4.01. The molecule has 0 aliphatic carbocycles. The van der Waals surface area contributed by atoms with Gasteiger partial charge in [0.05, 0.1) is 5.39 Å². The zero-order valence-electron chi connectivity index (χ0n) is 14.2. The number of H-pyrrole nitrogens is 1. The van der Waals surface area contributed by atoms with E-state index in [0.717, 1.165) is 33.5 Å². The van der Waals surface area contributed by atoms with Gasteiger partial charge in [-0.15, -0.1) is 0 Å². The predicted octanol–water partition coefficient (Wildman–Crippen LogP) is 4.74. The lowest BCUT2D eigenvalue weighted by Crippen LogP contribution is -2.19. The van der Waals surface area contributed by atoms with Crippen LogP contribution in [0.5, 0.6) is 0 Å². The lowest BCUT2D eigenvalue weighted by atomic mass is 10.0. The van der Waals surface area contributed by atoms with Crippen LogP contribution in [-0.4, -0.2) is 20.3 Å². The second kappa shape index (κ2) is 6.93. The first-order chi connectivity index (χ1) is 12.7. The van der Waals surface area contributed by atoms with E-state index in [-0.39, 0.29) is 0 Å². The SMILES string of the molecule is Cc1cc(-c2ccccc2)c2c(NC(=S)Nc3ccccc3)n[nH]c2n1. The normalized spacial score (nSPS) is 10.7. The number of thiocarbonyl (C=S) groups is 1. The highest BCUT2D eigenvalue weighted by Gasteiger charge is 2.15. The van der Waals surface area contributed by atoms with Gasteiger partial charge in [0.2, 0.25) is 0 Å². The maximum atomic E-state index is 5.44. The van der Waals surface area contributed by atoms with E-state index in [9.17, 15) is 0 Å². The summed E-state index contributed by atoms with van der Waals surface area (Å²) in [6.07, 6.45) is 0. The summed E-state index contributed by atoms with van der Waals surface area (Å²) in [4.78, 5) is 4.55. The van der Waals surface area contributed by atoms with Crippen molar-refractivity contribution in [2.45, 2.75) is 6.92 Å². The average Bonchev–Trinajstić information content (AvgIpc) is 3.05. The number of anilines is 2. The molecular formula is C20H17N5S. The highest BCUT2D eigenvalue weighted by molar-refractivity contribution is 7.80. The summed E-state index contributed by atoms with van der Waals surface area (Å²) >= 11 is 5.44.